The molecule has 1 aromatic heterocycles. The number of rotatable bonds is 5. The quantitative estimate of drug-likeness (QED) is 0.637. The molecule has 1 heterocycles. The maximum absolute atomic E-state index is 12.2. The monoisotopic (exact) mass is 352 g/mol. The number of benzene rings is 1. The zero-order valence-electron chi connectivity index (χ0n) is 11.2. The molecular formula is C13H13BrN4O3. The number of nitrogens with zero attached hydrogens (tertiary/aromatic N) is 2. The fourth-order valence-corrected chi connectivity index (χ4v) is 2.26. The largest absolute Gasteiger partial charge is 0.347 e. The van der Waals surface area contributed by atoms with Gasteiger partial charge in [-0.25, -0.2) is 4.98 Å². The Labute approximate surface area is 129 Å². The van der Waals surface area contributed by atoms with Crippen molar-refractivity contribution < 1.29 is 9.72 Å². The van der Waals surface area contributed by atoms with Gasteiger partial charge in [0.15, 0.2) is 0 Å². The van der Waals surface area contributed by atoms with Gasteiger partial charge in [-0.2, -0.15) is 0 Å². The van der Waals surface area contributed by atoms with Crippen LogP contribution in [0.2, 0.25) is 0 Å². The number of imidazole rings is 1. The van der Waals surface area contributed by atoms with Gasteiger partial charge in [-0.3, -0.25) is 14.9 Å². The maximum Gasteiger partial charge on any atom is 0.284 e. The van der Waals surface area contributed by atoms with Crippen LogP contribution < -0.4 is 5.32 Å². The predicted octanol–water partition coefficient (Wildman–Crippen LogP) is 2.96. The van der Waals surface area contributed by atoms with Crippen molar-refractivity contribution >= 4 is 27.5 Å². The van der Waals surface area contributed by atoms with Crippen LogP contribution in [-0.4, -0.2) is 20.8 Å². The number of carbonyl (C=O) groups excluding carboxylic acids is 1. The molecule has 0 bridgehead atoms. The van der Waals surface area contributed by atoms with E-state index < -0.39 is 4.92 Å². The number of amides is 1. The van der Waals surface area contributed by atoms with Gasteiger partial charge in [0.1, 0.15) is 5.82 Å². The minimum absolute atomic E-state index is 0.145. The van der Waals surface area contributed by atoms with Crippen molar-refractivity contribution in [2.75, 3.05) is 0 Å². The summed E-state index contributed by atoms with van der Waals surface area (Å²) >= 11 is 3.09. The van der Waals surface area contributed by atoms with Crippen LogP contribution >= 0.6 is 15.9 Å². The molecule has 0 saturated carbocycles. The fraction of sp³-hybridized carbons (Fsp3) is 0.231. The molecule has 1 atom stereocenters. The maximum atomic E-state index is 12.2. The van der Waals surface area contributed by atoms with Crippen LogP contribution in [0, 0.1) is 10.1 Å². The standard InChI is InChI=1S/C13H13BrN4O3/c1-2-10(12-15-5-6-16-12)17-13(19)8-3-4-9(14)11(7-8)18(20)21/h3-7,10H,2H2,1H3,(H,15,16)(H,17,19). The number of nitro groups is 1. The second kappa shape index (κ2) is 6.49. The number of halogens is 1. The lowest BCUT2D eigenvalue weighted by atomic mass is 10.1. The second-order valence-electron chi connectivity index (χ2n) is 4.33. The Morgan fingerprint density at radius 1 is 1.57 bits per heavy atom. The van der Waals surface area contributed by atoms with E-state index in [4.69, 9.17) is 0 Å². The van der Waals surface area contributed by atoms with Gasteiger partial charge in [-0.15, -0.1) is 0 Å². The fourth-order valence-electron chi connectivity index (χ4n) is 1.87. The summed E-state index contributed by atoms with van der Waals surface area (Å²) in [5.74, 6) is 0.270. The van der Waals surface area contributed by atoms with E-state index in [1.54, 1.807) is 12.4 Å². The van der Waals surface area contributed by atoms with Gasteiger partial charge in [0.2, 0.25) is 0 Å². The van der Waals surface area contributed by atoms with Crippen molar-refractivity contribution in [2.24, 2.45) is 0 Å². The Bertz CT molecular complexity index is 657. The molecule has 8 heteroatoms. The normalized spacial score (nSPS) is 11.9. The van der Waals surface area contributed by atoms with E-state index >= 15 is 0 Å². The first-order valence-electron chi connectivity index (χ1n) is 6.27. The molecule has 2 rings (SSSR count). The highest BCUT2D eigenvalue weighted by atomic mass is 79.9. The first kappa shape index (κ1) is 15.2. The van der Waals surface area contributed by atoms with Crippen molar-refractivity contribution in [3.63, 3.8) is 0 Å². The van der Waals surface area contributed by atoms with E-state index in [-0.39, 0.29) is 23.2 Å². The molecule has 2 N–H and O–H groups in total. The summed E-state index contributed by atoms with van der Waals surface area (Å²) in [6, 6.07) is 3.99. The highest BCUT2D eigenvalue weighted by Gasteiger charge is 2.19. The van der Waals surface area contributed by atoms with Gasteiger partial charge in [0.25, 0.3) is 11.6 Å². The molecule has 110 valence electrons. The van der Waals surface area contributed by atoms with Gasteiger partial charge in [-0.1, -0.05) is 6.92 Å². The third kappa shape index (κ3) is 3.46. The van der Waals surface area contributed by atoms with Crippen LogP contribution in [0.1, 0.15) is 35.6 Å². The van der Waals surface area contributed by atoms with Crippen molar-refractivity contribution in [3.05, 3.63) is 56.6 Å². The summed E-state index contributed by atoms with van der Waals surface area (Å²) in [4.78, 5) is 29.6. The number of aromatic nitrogens is 2. The van der Waals surface area contributed by atoms with Gasteiger partial charge < -0.3 is 10.3 Å². The Morgan fingerprint density at radius 2 is 2.33 bits per heavy atom. The van der Waals surface area contributed by atoms with Crippen LogP contribution in [0.25, 0.3) is 0 Å². The molecule has 1 amide bonds. The Morgan fingerprint density at radius 3 is 2.90 bits per heavy atom. The minimum Gasteiger partial charge on any atom is -0.347 e. The van der Waals surface area contributed by atoms with Crippen molar-refractivity contribution in [1.82, 2.24) is 15.3 Å². The van der Waals surface area contributed by atoms with Crippen LogP contribution in [0.5, 0.6) is 0 Å². The topological polar surface area (TPSA) is 101 Å². The third-order valence-electron chi connectivity index (χ3n) is 2.97. The SMILES string of the molecule is CCC(NC(=O)c1ccc(Br)c([N+](=O)[O-])c1)c1ncc[nH]1. The average Bonchev–Trinajstić information content (AvgIpc) is 2.98. The van der Waals surface area contributed by atoms with Crippen LogP contribution in [0.4, 0.5) is 5.69 Å². The molecule has 0 fully saturated rings. The minimum atomic E-state index is -0.537. The summed E-state index contributed by atoms with van der Waals surface area (Å²) in [5.41, 5.74) is 0.0867. The molecule has 21 heavy (non-hydrogen) atoms. The van der Waals surface area contributed by atoms with Gasteiger partial charge in [0.05, 0.1) is 15.4 Å². The van der Waals surface area contributed by atoms with E-state index in [1.165, 1.54) is 18.2 Å². The summed E-state index contributed by atoms with van der Waals surface area (Å²) in [6.45, 7) is 1.91. The Kier molecular flexibility index (Phi) is 4.69. The number of hydrogen-bond donors (Lipinski definition) is 2. The van der Waals surface area contributed by atoms with Crippen LogP contribution in [0.15, 0.2) is 35.1 Å². The van der Waals surface area contributed by atoms with E-state index in [9.17, 15) is 14.9 Å². The number of nitrogens with one attached hydrogen (secondary N) is 2. The lowest BCUT2D eigenvalue weighted by Crippen LogP contribution is -2.28. The molecule has 0 aliphatic rings. The summed E-state index contributed by atoms with van der Waals surface area (Å²) in [7, 11) is 0. The van der Waals surface area contributed by atoms with E-state index in [2.05, 4.69) is 31.2 Å². The van der Waals surface area contributed by atoms with Gasteiger partial charge in [-0.05, 0) is 34.5 Å². The van der Waals surface area contributed by atoms with Gasteiger partial charge in [0, 0.05) is 24.0 Å². The lowest BCUT2D eigenvalue weighted by Gasteiger charge is -2.14. The highest BCUT2D eigenvalue weighted by molar-refractivity contribution is 9.10. The van der Waals surface area contributed by atoms with E-state index in [1.807, 2.05) is 6.92 Å². The first-order valence-corrected chi connectivity index (χ1v) is 7.06. The summed E-state index contributed by atoms with van der Waals surface area (Å²) < 4.78 is 0.335. The molecule has 0 radical (unpaired) electrons. The number of H-pyrrole nitrogens is 1. The summed E-state index contributed by atoms with van der Waals surface area (Å²) in [5, 5.41) is 13.7. The molecule has 0 saturated heterocycles. The molecule has 2 aromatic rings. The number of nitro benzene ring substituents is 1. The second-order valence-corrected chi connectivity index (χ2v) is 5.19. The zero-order chi connectivity index (χ0) is 15.4. The first-order chi connectivity index (χ1) is 10.0. The highest BCUT2D eigenvalue weighted by Crippen LogP contribution is 2.26. The van der Waals surface area contributed by atoms with E-state index in [0.717, 1.165) is 0 Å². The molecule has 7 nitrogen and oxygen atoms in total. The smallest absolute Gasteiger partial charge is 0.284 e. The number of hydrogen-bond acceptors (Lipinski definition) is 4. The average molecular weight is 353 g/mol. The zero-order valence-corrected chi connectivity index (χ0v) is 12.8. The van der Waals surface area contributed by atoms with Crippen molar-refractivity contribution in [2.45, 2.75) is 19.4 Å². The molecule has 0 spiro atoms. The molecular weight excluding hydrogens is 340 g/mol. The molecule has 1 unspecified atom stereocenters. The molecule has 0 aliphatic carbocycles. The predicted molar refractivity (Wildman–Crippen MR) is 79.9 cm³/mol. The van der Waals surface area contributed by atoms with Crippen LogP contribution in [-0.2, 0) is 0 Å². The molecule has 0 aliphatic heterocycles. The van der Waals surface area contributed by atoms with Crippen molar-refractivity contribution in [3.8, 4) is 0 Å². The third-order valence-corrected chi connectivity index (χ3v) is 3.64. The summed E-state index contributed by atoms with van der Waals surface area (Å²) in [6.07, 6.45) is 3.93. The van der Waals surface area contributed by atoms with Crippen molar-refractivity contribution in [1.29, 1.82) is 0 Å². The Balaban J connectivity index is 2.20. The van der Waals surface area contributed by atoms with Crippen LogP contribution in [0.3, 0.4) is 0 Å². The Hall–Kier alpha value is -2.22. The number of carbonyl (C=O) groups is 1. The number of aromatic amines is 1. The lowest BCUT2D eigenvalue weighted by molar-refractivity contribution is -0.385. The molecule has 1 aromatic carbocycles. The van der Waals surface area contributed by atoms with Gasteiger partial charge >= 0.3 is 0 Å². The van der Waals surface area contributed by atoms with E-state index in [0.29, 0.717) is 16.7 Å².